The molecule has 0 amide bonds. The molecule has 0 bridgehead atoms. The monoisotopic (exact) mass is 348 g/mol. The van der Waals surface area contributed by atoms with Gasteiger partial charge < -0.3 is 9.88 Å². The molecule has 0 spiro atoms. The molecule has 8 nitrogen and oxygen atoms in total. The molecule has 0 saturated heterocycles. The number of H-pyrrole nitrogens is 1. The molecule has 8 heteroatoms. The van der Waals surface area contributed by atoms with Crippen molar-refractivity contribution < 1.29 is 0 Å². The Bertz CT molecular complexity index is 1080. The van der Waals surface area contributed by atoms with Gasteiger partial charge in [0.25, 0.3) is 0 Å². The fourth-order valence-corrected chi connectivity index (χ4v) is 3.11. The first-order valence-electron chi connectivity index (χ1n) is 8.48. The fourth-order valence-electron chi connectivity index (χ4n) is 3.11. The lowest BCUT2D eigenvalue weighted by atomic mass is 10.2. The van der Waals surface area contributed by atoms with E-state index in [1.807, 2.05) is 26.0 Å². The van der Waals surface area contributed by atoms with E-state index in [1.165, 1.54) is 0 Å². The second-order valence-electron chi connectivity index (χ2n) is 6.46. The highest BCUT2D eigenvalue weighted by Crippen LogP contribution is 2.24. The Morgan fingerprint density at radius 1 is 1.12 bits per heavy atom. The van der Waals surface area contributed by atoms with Crippen molar-refractivity contribution in [1.82, 2.24) is 34.7 Å². The molecule has 4 aromatic heterocycles. The van der Waals surface area contributed by atoms with Crippen LogP contribution in [0.4, 0.5) is 11.6 Å². The van der Waals surface area contributed by atoms with E-state index < -0.39 is 0 Å². The number of pyridine rings is 1. The molecule has 26 heavy (non-hydrogen) atoms. The average molecular weight is 348 g/mol. The van der Waals surface area contributed by atoms with Crippen LogP contribution >= 0.6 is 0 Å². The van der Waals surface area contributed by atoms with E-state index >= 15 is 0 Å². The number of hydrogen-bond donors (Lipinski definition) is 2. The van der Waals surface area contributed by atoms with Crippen molar-refractivity contribution in [2.75, 3.05) is 5.32 Å². The van der Waals surface area contributed by atoms with Gasteiger partial charge >= 0.3 is 0 Å². The van der Waals surface area contributed by atoms with E-state index in [9.17, 15) is 0 Å². The molecule has 0 atom stereocenters. The summed E-state index contributed by atoms with van der Waals surface area (Å²) in [5.74, 6) is 2.99. The molecular weight excluding hydrogens is 328 g/mol. The maximum atomic E-state index is 4.58. The summed E-state index contributed by atoms with van der Waals surface area (Å²) in [6.45, 7) is 8.22. The molecule has 4 heterocycles. The van der Waals surface area contributed by atoms with E-state index in [0.29, 0.717) is 23.5 Å². The van der Waals surface area contributed by atoms with Crippen LogP contribution in [0.3, 0.4) is 0 Å². The quantitative estimate of drug-likeness (QED) is 0.585. The fraction of sp³-hybridized carbons (Fsp3) is 0.278. The molecule has 0 aliphatic carbocycles. The molecule has 0 radical (unpaired) electrons. The molecule has 0 unspecified atom stereocenters. The number of nitrogens with zero attached hydrogens (tertiary/aromatic N) is 6. The van der Waals surface area contributed by atoms with Crippen LogP contribution in [-0.4, -0.2) is 34.7 Å². The van der Waals surface area contributed by atoms with Gasteiger partial charge in [-0.1, -0.05) is 0 Å². The summed E-state index contributed by atoms with van der Waals surface area (Å²) in [6.07, 6.45) is 5.30. The van der Waals surface area contributed by atoms with Crippen LogP contribution in [-0.2, 0) is 0 Å². The number of imidazole rings is 1. The Morgan fingerprint density at radius 2 is 1.96 bits per heavy atom. The standard InChI is InChI=1S/C18H20N8/c1-10(2)26-12(4)22-14-9-20-17(7-15(14)26)23-16-5-6-19-18(24-16)13-8-21-25-11(13)3/h5-10H,1-4H3,(H,21,25)(H,19,20,23,24). The zero-order valence-electron chi connectivity index (χ0n) is 15.1. The van der Waals surface area contributed by atoms with Gasteiger partial charge in [-0.15, -0.1) is 0 Å². The number of fused-ring (bicyclic) bond motifs is 1. The summed E-state index contributed by atoms with van der Waals surface area (Å²) < 4.78 is 2.20. The Hall–Kier alpha value is -3.29. The first kappa shape index (κ1) is 16.2. The Kier molecular flexibility index (Phi) is 3.87. The SMILES string of the molecule is Cc1n[nH]cc1-c1nccc(Nc2cc3c(cn2)nc(C)n3C(C)C)n1. The number of hydrogen-bond acceptors (Lipinski definition) is 6. The third-order valence-electron chi connectivity index (χ3n) is 4.25. The molecule has 0 aliphatic heterocycles. The van der Waals surface area contributed by atoms with Crippen LogP contribution in [0.25, 0.3) is 22.4 Å². The molecule has 0 aromatic carbocycles. The zero-order chi connectivity index (χ0) is 18.3. The summed E-state index contributed by atoms with van der Waals surface area (Å²) in [6, 6.07) is 4.14. The van der Waals surface area contributed by atoms with E-state index in [2.05, 4.69) is 53.9 Å². The van der Waals surface area contributed by atoms with Crippen LogP contribution in [0.1, 0.15) is 31.4 Å². The van der Waals surface area contributed by atoms with E-state index in [0.717, 1.165) is 28.1 Å². The summed E-state index contributed by atoms with van der Waals surface area (Å²) in [5, 5.41) is 10.2. The van der Waals surface area contributed by atoms with Gasteiger partial charge in [0.05, 0.1) is 23.0 Å². The first-order valence-corrected chi connectivity index (χ1v) is 8.48. The zero-order valence-corrected chi connectivity index (χ0v) is 15.1. The molecule has 0 saturated carbocycles. The van der Waals surface area contributed by atoms with Crippen molar-refractivity contribution >= 4 is 22.7 Å². The van der Waals surface area contributed by atoms with Crippen molar-refractivity contribution in [3.63, 3.8) is 0 Å². The minimum Gasteiger partial charge on any atom is -0.326 e. The van der Waals surface area contributed by atoms with Crippen LogP contribution in [0.2, 0.25) is 0 Å². The van der Waals surface area contributed by atoms with Crippen LogP contribution in [0, 0.1) is 13.8 Å². The third-order valence-corrected chi connectivity index (χ3v) is 4.25. The second-order valence-corrected chi connectivity index (χ2v) is 6.46. The third kappa shape index (κ3) is 2.79. The smallest absolute Gasteiger partial charge is 0.164 e. The van der Waals surface area contributed by atoms with E-state index in [-0.39, 0.29) is 0 Å². The highest BCUT2D eigenvalue weighted by molar-refractivity contribution is 5.79. The van der Waals surface area contributed by atoms with Gasteiger partial charge in [0, 0.05) is 24.5 Å². The average Bonchev–Trinajstić information content (AvgIpc) is 3.17. The number of rotatable bonds is 4. The number of aryl methyl sites for hydroxylation is 2. The Morgan fingerprint density at radius 3 is 2.69 bits per heavy atom. The first-order chi connectivity index (χ1) is 12.5. The van der Waals surface area contributed by atoms with Gasteiger partial charge in [-0.25, -0.2) is 19.9 Å². The highest BCUT2D eigenvalue weighted by Gasteiger charge is 2.12. The Balaban J connectivity index is 1.69. The number of nitrogens with one attached hydrogen (secondary N) is 2. The van der Waals surface area contributed by atoms with Crippen molar-refractivity contribution in [3.8, 4) is 11.4 Å². The lowest BCUT2D eigenvalue weighted by Crippen LogP contribution is -2.03. The van der Waals surface area contributed by atoms with Crippen LogP contribution in [0.15, 0.2) is 30.7 Å². The minimum absolute atomic E-state index is 0.324. The van der Waals surface area contributed by atoms with Crippen molar-refractivity contribution in [1.29, 1.82) is 0 Å². The molecular formula is C18H20N8. The largest absolute Gasteiger partial charge is 0.326 e. The number of anilines is 2. The second kappa shape index (κ2) is 6.21. The van der Waals surface area contributed by atoms with Gasteiger partial charge in [-0.3, -0.25) is 5.10 Å². The van der Waals surface area contributed by atoms with Gasteiger partial charge in [-0.05, 0) is 33.8 Å². The van der Waals surface area contributed by atoms with Gasteiger partial charge in [0.1, 0.15) is 23.0 Å². The lowest BCUT2D eigenvalue weighted by Gasteiger charge is -2.11. The predicted molar refractivity (Wildman–Crippen MR) is 100 cm³/mol. The molecule has 0 aliphatic rings. The summed E-state index contributed by atoms with van der Waals surface area (Å²) in [5.41, 5.74) is 3.68. The van der Waals surface area contributed by atoms with Crippen molar-refractivity contribution in [2.24, 2.45) is 0 Å². The summed E-state index contributed by atoms with van der Waals surface area (Å²) in [7, 11) is 0. The topological polar surface area (TPSA) is 97.2 Å². The van der Waals surface area contributed by atoms with Crippen molar-refractivity contribution in [3.05, 3.63) is 42.2 Å². The number of aromatic nitrogens is 7. The molecule has 4 rings (SSSR count). The maximum absolute atomic E-state index is 4.58. The Labute approximate surface area is 150 Å². The molecule has 4 aromatic rings. The molecule has 0 fully saturated rings. The van der Waals surface area contributed by atoms with Crippen LogP contribution < -0.4 is 5.32 Å². The van der Waals surface area contributed by atoms with Gasteiger partial charge in [0.2, 0.25) is 0 Å². The number of aromatic amines is 1. The van der Waals surface area contributed by atoms with E-state index in [4.69, 9.17) is 0 Å². The van der Waals surface area contributed by atoms with Gasteiger partial charge in [0.15, 0.2) is 5.82 Å². The lowest BCUT2D eigenvalue weighted by molar-refractivity contribution is 0.600. The maximum Gasteiger partial charge on any atom is 0.164 e. The summed E-state index contributed by atoms with van der Waals surface area (Å²) >= 11 is 0. The molecule has 2 N–H and O–H groups in total. The van der Waals surface area contributed by atoms with Crippen LogP contribution in [0.5, 0.6) is 0 Å². The predicted octanol–water partition coefficient (Wildman–Crippen LogP) is 3.55. The minimum atomic E-state index is 0.324. The van der Waals surface area contributed by atoms with E-state index in [1.54, 1.807) is 18.6 Å². The molecule has 132 valence electrons. The normalized spacial score (nSPS) is 11.4. The van der Waals surface area contributed by atoms with Gasteiger partial charge in [-0.2, -0.15) is 5.10 Å². The van der Waals surface area contributed by atoms with Crippen molar-refractivity contribution in [2.45, 2.75) is 33.7 Å². The summed E-state index contributed by atoms with van der Waals surface area (Å²) in [4.78, 5) is 17.9. The highest BCUT2D eigenvalue weighted by atomic mass is 15.1.